The molecule has 0 aliphatic rings. The normalized spacial score (nSPS) is 10.6. The Morgan fingerprint density at radius 2 is 1.94 bits per heavy atom. The number of carbonyl (C=O) groups is 1. The first-order valence-corrected chi connectivity index (χ1v) is 12.2. The maximum absolute atomic E-state index is 13.0. The van der Waals surface area contributed by atoms with Gasteiger partial charge in [-0.2, -0.15) is 0 Å². The molecule has 0 aliphatic carbocycles. The number of hydrogen-bond acceptors (Lipinski definition) is 5. The van der Waals surface area contributed by atoms with Crippen LogP contribution in [-0.2, 0) is 13.0 Å². The summed E-state index contributed by atoms with van der Waals surface area (Å²) in [6.45, 7) is 5.41. The minimum absolute atomic E-state index is 0.0133. The van der Waals surface area contributed by atoms with E-state index in [1.54, 1.807) is 23.2 Å². The highest BCUT2D eigenvalue weighted by molar-refractivity contribution is 7.99. The minimum Gasteiger partial charge on any atom is -0.338 e. The molecule has 0 atom stereocenters. The first-order valence-electron chi connectivity index (χ1n) is 11.4. The minimum atomic E-state index is -0.399. The molecule has 8 heteroatoms. The van der Waals surface area contributed by atoms with Gasteiger partial charge >= 0.3 is 6.03 Å². The number of aryl methyl sites for hydroxylation is 1. The van der Waals surface area contributed by atoms with Gasteiger partial charge in [0.25, 0.3) is 5.69 Å². The summed E-state index contributed by atoms with van der Waals surface area (Å²) in [4.78, 5) is 32.1. The van der Waals surface area contributed by atoms with Gasteiger partial charge in [-0.3, -0.25) is 15.1 Å². The number of rotatable bonds is 11. The van der Waals surface area contributed by atoms with Gasteiger partial charge < -0.3 is 10.2 Å². The molecule has 178 valence electrons. The number of nitrogens with one attached hydrogen (secondary N) is 1. The molecule has 0 saturated carbocycles. The highest BCUT2D eigenvalue weighted by Gasteiger charge is 2.19. The van der Waals surface area contributed by atoms with Crippen LogP contribution in [-0.4, -0.2) is 33.9 Å². The molecule has 1 aromatic heterocycles. The Morgan fingerprint density at radius 1 is 1.15 bits per heavy atom. The lowest BCUT2D eigenvalue weighted by atomic mass is 10.1. The molecule has 7 nitrogen and oxygen atoms in total. The summed E-state index contributed by atoms with van der Waals surface area (Å²) in [5.41, 5.74) is 2.81. The van der Waals surface area contributed by atoms with Crippen LogP contribution in [0.3, 0.4) is 0 Å². The van der Waals surface area contributed by atoms with E-state index in [-0.39, 0.29) is 18.3 Å². The predicted molar refractivity (Wildman–Crippen MR) is 135 cm³/mol. The van der Waals surface area contributed by atoms with Crippen LogP contribution < -0.4 is 5.32 Å². The Bertz CT molecular complexity index is 1090. The first-order chi connectivity index (χ1) is 16.5. The lowest BCUT2D eigenvalue weighted by molar-refractivity contribution is -0.385. The summed E-state index contributed by atoms with van der Waals surface area (Å²) in [7, 11) is 0. The van der Waals surface area contributed by atoms with Crippen molar-refractivity contribution in [1.29, 1.82) is 0 Å². The molecule has 0 unspecified atom stereocenters. The SMILES string of the molecule is CCCCNC(=O)N(CCc1ccccn1)Cc1cc([N+](=O)[O-])ccc1Sc1ccc(C)cc1. The van der Waals surface area contributed by atoms with Crippen LogP contribution in [0, 0.1) is 17.0 Å². The number of non-ortho nitro benzene ring substituents is 1. The van der Waals surface area contributed by atoms with Gasteiger partial charge in [0.1, 0.15) is 0 Å². The van der Waals surface area contributed by atoms with Crippen LogP contribution in [0.15, 0.2) is 76.7 Å². The van der Waals surface area contributed by atoms with Crippen LogP contribution in [0.1, 0.15) is 36.6 Å². The van der Waals surface area contributed by atoms with Gasteiger partial charge in [-0.15, -0.1) is 0 Å². The summed E-state index contributed by atoms with van der Waals surface area (Å²) in [5.74, 6) is 0. The van der Waals surface area contributed by atoms with Crippen molar-refractivity contribution in [3.8, 4) is 0 Å². The van der Waals surface area contributed by atoms with E-state index in [0.29, 0.717) is 19.5 Å². The Hall–Kier alpha value is -3.39. The zero-order chi connectivity index (χ0) is 24.3. The van der Waals surface area contributed by atoms with Crippen LogP contribution in [0.4, 0.5) is 10.5 Å². The van der Waals surface area contributed by atoms with Crippen molar-refractivity contribution in [3.05, 3.63) is 93.8 Å². The largest absolute Gasteiger partial charge is 0.338 e. The number of nitro benzene ring substituents is 1. The summed E-state index contributed by atoms with van der Waals surface area (Å²) in [5, 5.41) is 14.4. The van der Waals surface area contributed by atoms with Crippen molar-refractivity contribution in [2.24, 2.45) is 0 Å². The van der Waals surface area contributed by atoms with Gasteiger partial charge in [0.15, 0.2) is 0 Å². The van der Waals surface area contributed by atoms with Crippen molar-refractivity contribution < 1.29 is 9.72 Å². The number of benzene rings is 2. The molecule has 1 N–H and O–H groups in total. The zero-order valence-corrected chi connectivity index (χ0v) is 20.4. The second-order valence-electron chi connectivity index (χ2n) is 8.04. The van der Waals surface area contributed by atoms with Crippen LogP contribution in [0.2, 0.25) is 0 Å². The average Bonchev–Trinajstić information content (AvgIpc) is 2.84. The molecule has 1 heterocycles. The number of hydrogen-bond donors (Lipinski definition) is 1. The molecule has 0 fully saturated rings. The lowest BCUT2D eigenvalue weighted by Gasteiger charge is -2.24. The average molecular weight is 479 g/mol. The Balaban J connectivity index is 1.86. The number of nitro groups is 1. The number of pyridine rings is 1. The van der Waals surface area contributed by atoms with E-state index in [9.17, 15) is 14.9 Å². The monoisotopic (exact) mass is 478 g/mol. The van der Waals surface area contributed by atoms with Gasteiger partial charge in [-0.1, -0.05) is 48.9 Å². The van der Waals surface area contributed by atoms with Crippen molar-refractivity contribution in [1.82, 2.24) is 15.2 Å². The maximum atomic E-state index is 13.0. The molecule has 34 heavy (non-hydrogen) atoms. The lowest BCUT2D eigenvalue weighted by Crippen LogP contribution is -2.41. The second kappa shape index (κ2) is 12.7. The predicted octanol–water partition coefficient (Wildman–Crippen LogP) is 6.00. The number of nitrogens with zero attached hydrogens (tertiary/aromatic N) is 3. The van der Waals surface area contributed by atoms with E-state index in [1.807, 2.05) is 49.4 Å². The van der Waals surface area contributed by atoms with E-state index < -0.39 is 4.92 Å². The fourth-order valence-electron chi connectivity index (χ4n) is 3.37. The summed E-state index contributed by atoms with van der Waals surface area (Å²) >= 11 is 1.54. The van der Waals surface area contributed by atoms with E-state index in [1.165, 1.54) is 17.8 Å². The topological polar surface area (TPSA) is 88.4 Å². The molecule has 0 saturated heterocycles. The standard InChI is InChI=1S/C26H30N4O3S/c1-3-4-15-28-26(31)29(17-14-22-7-5-6-16-27-22)19-21-18-23(30(32)33)10-13-25(21)34-24-11-8-20(2)9-12-24/h5-13,16,18H,3-4,14-15,17,19H2,1-2H3,(H,28,31). The summed E-state index contributed by atoms with van der Waals surface area (Å²) in [6, 6.07) is 18.5. The molecule has 2 aromatic carbocycles. The van der Waals surface area contributed by atoms with Crippen molar-refractivity contribution in [2.45, 2.75) is 49.4 Å². The molecule has 3 rings (SSSR count). The molecule has 0 aliphatic heterocycles. The van der Waals surface area contributed by atoms with E-state index in [2.05, 4.69) is 17.2 Å². The quantitative estimate of drug-likeness (QED) is 0.207. The number of carbonyl (C=O) groups excluding carboxylic acids is 1. The number of amides is 2. The van der Waals surface area contributed by atoms with E-state index in [4.69, 9.17) is 0 Å². The van der Waals surface area contributed by atoms with Gasteiger partial charge in [0.2, 0.25) is 0 Å². The number of urea groups is 1. The Labute approximate surface area is 204 Å². The molecule has 0 radical (unpaired) electrons. The smallest absolute Gasteiger partial charge is 0.317 e. The number of unbranched alkanes of at least 4 members (excludes halogenated alkanes) is 1. The molecular formula is C26H30N4O3S. The van der Waals surface area contributed by atoms with Gasteiger partial charge in [-0.25, -0.2) is 4.79 Å². The fourth-order valence-corrected chi connectivity index (χ4v) is 4.29. The third kappa shape index (κ3) is 7.59. The Morgan fingerprint density at radius 3 is 2.62 bits per heavy atom. The second-order valence-corrected chi connectivity index (χ2v) is 9.16. The van der Waals surface area contributed by atoms with Crippen LogP contribution >= 0.6 is 11.8 Å². The Kier molecular flexibility index (Phi) is 9.46. The molecule has 0 bridgehead atoms. The maximum Gasteiger partial charge on any atom is 0.317 e. The highest BCUT2D eigenvalue weighted by Crippen LogP contribution is 2.33. The first kappa shape index (κ1) is 25.2. The van der Waals surface area contributed by atoms with Gasteiger partial charge in [0.05, 0.1) is 4.92 Å². The van der Waals surface area contributed by atoms with Crippen LogP contribution in [0.5, 0.6) is 0 Å². The van der Waals surface area contributed by atoms with E-state index >= 15 is 0 Å². The molecule has 3 aromatic rings. The van der Waals surface area contributed by atoms with Crippen molar-refractivity contribution in [2.75, 3.05) is 13.1 Å². The fraction of sp³-hybridized carbons (Fsp3) is 0.308. The third-order valence-corrected chi connectivity index (χ3v) is 6.45. The molecule has 2 amide bonds. The van der Waals surface area contributed by atoms with Gasteiger partial charge in [0, 0.05) is 59.9 Å². The molecule has 0 spiro atoms. The van der Waals surface area contributed by atoms with Crippen molar-refractivity contribution in [3.63, 3.8) is 0 Å². The summed E-state index contributed by atoms with van der Waals surface area (Å²) < 4.78 is 0. The molecular weight excluding hydrogens is 448 g/mol. The van der Waals surface area contributed by atoms with Crippen molar-refractivity contribution >= 4 is 23.5 Å². The zero-order valence-electron chi connectivity index (χ0n) is 19.6. The highest BCUT2D eigenvalue weighted by atomic mass is 32.2. The summed E-state index contributed by atoms with van der Waals surface area (Å²) in [6.07, 6.45) is 4.21. The van der Waals surface area contributed by atoms with Gasteiger partial charge in [-0.05, 0) is 49.2 Å². The van der Waals surface area contributed by atoms with E-state index in [0.717, 1.165) is 39.5 Å². The number of aromatic nitrogens is 1. The van der Waals surface area contributed by atoms with Crippen LogP contribution in [0.25, 0.3) is 0 Å². The third-order valence-electron chi connectivity index (χ3n) is 5.32.